The van der Waals surface area contributed by atoms with E-state index in [-0.39, 0.29) is 0 Å². The minimum atomic E-state index is -3.15. The van der Waals surface area contributed by atoms with Gasteiger partial charge in [0.15, 0.2) is 0 Å². The average molecular weight is 350 g/mol. The summed E-state index contributed by atoms with van der Waals surface area (Å²) in [6, 6.07) is 0.887. The van der Waals surface area contributed by atoms with Crippen LogP contribution in [-0.4, -0.2) is 28.3 Å². The van der Waals surface area contributed by atoms with Crippen molar-refractivity contribution in [2.75, 3.05) is 14.1 Å². The molecule has 6 unspecified atom stereocenters. The van der Waals surface area contributed by atoms with Crippen molar-refractivity contribution < 1.29 is 6.51 Å². The summed E-state index contributed by atoms with van der Waals surface area (Å²) in [7, 11) is 4.71. The summed E-state index contributed by atoms with van der Waals surface area (Å²) >= 11 is 4.59. The first-order valence-electron chi connectivity index (χ1n) is 7.74. The molecule has 0 aromatic rings. The van der Waals surface area contributed by atoms with Gasteiger partial charge < -0.3 is 0 Å². The van der Waals surface area contributed by atoms with Crippen LogP contribution in [0.25, 0.3) is 0 Å². The molecule has 10 aliphatic heterocycles. The van der Waals surface area contributed by atoms with E-state index < -0.39 is 6.51 Å². The summed E-state index contributed by atoms with van der Waals surface area (Å²) in [5, 5.41) is 0. The van der Waals surface area contributed by atoms with Gasteiger partial charge in [-0.3, -0.25) is 0 Å². The molecule has 10 heterocycles. The van der Waals surface area contributed by atoms with Crippen LogP contribution in [0, 0.1) is 0 Å². The van der Waals surface area contributed by atoms with E-state index in [4.69, 9.17) is 0 Å². The van der Waals surface area contributed by atoms with E-state index >= 15 is 0 Å². The third-order valence-corrected chi connectivity index (χ3v) is 69.5. The summed E-state index contributed by atoms with van der Waals surface area (Å²) in [4.78, 5) is 12.3. The van der Waals surface area contributed by atoms with Gasteiger partial charge >= 0.3 is 107 Å². The number of nitrogens with zero attached hydrogens (tertiary/aromatic N) is 1. The van der Waals surface area contributed by atoms with E-state index in [9.17, 15) is 0 Å². The van der Waals surface area contributed by atoms with Crippen LogP contribution >= 0.6 is 15.9 Å². The van der Waals surface area contributed by atoms with Crippen LogP contribution in [0.15, 0.2) is 0 Å². The molecule has 0 N–H and O–H groups in total. The maximum atomic E-state index is 4.59. The van der Waals surface area contributed by atoms with Crippen molar-refractivity contribution in [1.29, 1.82) is 0 Å². The standard InChI is InChI=1S/C10H15BrN.C5H5.Fe/c1-7-5-6-9(10(7)11)8(2)12(3)4;1-2-4-5-3-1;/h5-6,8H,1-4H3;1-5H;. The van der Waals surface area contributed by atoms with Crippen LogP contribution in [0.2, 0.25) is 42.3 Å². The monoisotopic (exact) mass is 349 g/mol. The van der Waals surface area contributed by atoms with E-state index in [2.05, 4.69) is 48.8 Å². The third kappa shape index (κ3) is 0.0680. The van der Waals surface area contributed by atoms with Crippen molar-refractivity contribution >= 4 is 15.9 Å². The second-order valence-corrected chi connectivity index (χ2v) is 36.9. The molecule has 6 atom stereocenters. The van der Waals surface area contributed by atoms with Gasteiger partial charge in [0, 0.05) is 0 Å². The van der Waals surface area contributed by atoms with E-state index in [1.807, 2.05) is 0 Å². The van der Waals surface area contributed by atoms with Crippen LogP contribution in [0.5, 0.6) is 0 Å². The van der Waals surface area contributed by atoms with Gasteiger partial charge in [0.1, 0.15) is 0 Å². The van der Waals surface area contributed by atoms with E-state index in [0.717, 1.165) is 17.9 Å². The van der Waals surface area contributed by atoms with Gasteiger partial charge in [-0.1, -0.05) is 0 Å². The topological polar surface area (TPSA) is 3.24 Å². The fourth-order valence-electron chi connectivity index (χ4n) is 19.4. The number of hydrogen-bond acceptors (Lipinski definition) is 1. The van der Waals surface area contributed by atoms with Crippen molar-refractivity contribution in [2.45, 2.75) is 65.5 Å². The van der Waals surface area contributed by atoms with Gasteiger partial charge in [0.05, 0.1) is 0 Å². The Morgan fingerprint density at radius 1 is 1.06 bits per heavy atom. The Kier molecular flexibility index (Phi) is 0.271. The first-order chi connectivity index (χ1) is 8.18. The summed E-state index contributed by atoms with van der Waals surface area (Å²) in [5.41, 5.74) is 0. The third-order valence-electron chi connectivity index (χ3n) is 17.1. The Labute approximate surface area is 106 Å². The van der Waals surface area contributed by atoms with Crippen molar-refractivity contribution in [3.63, 3.8) is 0 Å². The summed E-state index contributed by atoms with van der Waals surface area (Å²) < 4.78 is 2.67. The molecular formula is C15H20BrFeN. The Morgan fingerprint density at radius 2 is 1.56 bits per heavy atom. The summed E-state index contributed by atoms with van der Waals surface area (Å²) in [6.07, 6.45) is 0. The van der Waals surface area contributed by atoms with Gasteiger partial charge in [-0.25, -0.2) is 0 Å². The van der Waals surface area contributed by atoms with Gasteiger partial charge in [-0.2, -0.15) is 0 Å². The predicted octanol–water partition coefficient (Wildman–Crippen LogP) is 4.39. The first kappa shape index (κ1) is 7.82. The van der Waals surface area contributed by atoms with E-state index in [1.54, 1.807) is 0 Å². The zero-order chi connectivity index (χ0) is 12.0. The molecule has 3 heteroatoms. The van der Waals surface area contributed by atoms with Crippen LogP contribution in [-0.2, 0) is 6.51 Å². The number of alkyl halides is 1. The molecule has 1 nitrogen and oxygen atoms in total. The molecule has 10 rings (SSSR count). The first-order valence-corrected chi connectivity index (χ1v) is 14.7. The fraction of sp³-hybridized carbons (Fsp3) is 1.00. The van der Waals surface area contributed by atoms with Gasteiger partial charge in [-0.15, -0.1) is 0 Å². The van der Waals surface area contributed by atoms with Crippen LogP contribution in [0.1, 0.15) is 13.8 Å². The van der Waals surface area contributed by atoms with Crippen LogP contribution < -0.4 is 0 Å². The minimum absolute atomic E-state index is 0.801. The molecule has 0 aliphatic carbocycles. The van der Waals surface area contributed by atoms with Gasteiger partial charge in [-0.05, 0) is 0 Å². The van der Waals surface area contributed by atoms with Crippen molar-refractivity contribution in [3.05, 3.63) is 0 Å². The summed E-state index contributed by atoms with van der Waals surface area (Å²) in [6.45, 7) is 2.27. The Balaban J connectivity index is 1.66. The molecule has 0 bridgehead atoms. The zero-order valence-electron chi connectivity index (χ0n) is 11.3. The average Bonchev–Trinajstić information content (AvgIpc) is 3.27. The number of fused-ring (bicyclic) bond motifs is 10. The molecule has 0 amide bonds. The zero-order valence-corrected chi connectivity index (χ0v) is 14.0. The molecule has 10 aliphatic rings. The SMILES string of the molecule is CC(N(C)C)[C]12[CH]3[CH]4[C]5(C)[C]1(Br)[Fe]43521678[CH]2[CH]1[CH]6[CH]7[CH]28. The maximum absolute atomic E-state index is 4.59. The Morgan fingerprint density at radius 3 is 1.72 bits per heavy atom. The van der Waals surface area contributed by atoms with Crippen molar-refractivity contribution in [3.8, 4) is 0 Å². The number of hydrogen-bond donors (Lipinski definition) is 0. The second kappa shape index (κ2) is 0.624. The van der Waals surface area contributed by atoms with Crippen LogP contribution in [0.3, 0.4) is 0 Å². The molecule has 0 aromatic carbocycles. The molecule has 0 aromatic heterocycles. The van der Waals surface area contributed by atoms with Crippen LogP contribution in [0.4, 0.5) is 0 Å². The predicted molar refractivity (Wildman–Crippen MR) is 72.1 cm³/mol. The molecule has 18 heavy (non-hydrogen) atoms. The number of halogens is 1. The van der Waals surface area contributed by atoms with E-state index in [1.165, 1.54) is 33.7 Å². The molecular weight excluding hydrogens is 330 g/mol. The molecule has 10 saturated heterocycles. The van der Waals surface area contributed by atoms with Crippen molar-refractivity contribution in [1.82, 2.24) is 4.90 Å². The second-order valence-electron chi connectivity index (χ2n) is 11.8. The van der Waals surface area contributed by atoms with Gasteiger partial charge in [0.25, 0.3) is 0 Å². The molecule has 100 valence electrons. The van der Waals surface area contributed by atoms with Crippen molar-refractivity contribution in [2.24, 2.45) is 0 Å². The summed E-state index contributed by atoms with van der Waals surface area (Å²) in [5.74, 6) is 0. The Bertz CT molecular complexity index is 1050. The fourth-order valence-corrected chi connectivity index (χ4v) is 111. The molecule has 1 spiro atoms. The molecule has 0 radical (unpaired) electrons. The Hall–Kier alpha value is 0.959. The molecule has 10 fully saturated rings. The van der Waals surface area contributed by atoms with E-state index in [0.29, 0.717) is 0 Å². The van der Waals surface area contributed by atoms with Gasteiger partial charge in [0.2, 0.25) is 0 Å². The quantitative estimate of drug-likeness (QED) is 0.528. The number of rotatable bonds is 2. The normalized spacial score (nSPS) is 124. The molecule has 0 saturated carbocycles.